The van der Waals surface area contributed by atoms with Crippen molar-refractivity contribution >= 4 is 46.5 Å². The maximum atomic E-state index is 15.2. The van der Waals surface area contributed by atoms with E-state index in [1.807, 2.05) is 0 Å². The summed E-state index contributed by atoms with van der Waals surface area (Å²) in [4.78, 5) is 22.0. The van der Waals surface area contributed by atoms with Gasteiger partial charge in [-0.2, -0.15) is 18.3 Å². The molecule has 0 bridgehead atoms. The molecule has 0 aliphatic heterocycles. The molecule has 0 unspecified atom stereocenters. The molecule has 19 heteroatoms. The lowest BCUT2D eigenvalue weighted by Crippen LogP contribution is -2.31. The van der Waals surface area contributed by atoms with E-state index in [0.717, 1.165) is 25.3 Å². The number of ether oxygens (including phenoxy) is 3. The molecule has 13 nitrogen and oxygen atoms in total. The van der Waals surface area contributed by atoms with Crippen molar-refractivity contribution in [2.45, 2.75) is 63.4 Å². The van der Waals surface area contributed by atoms with Gasteiger partial charge in [-0.1, -0.05) is 37.8 Å². The van der Waals surface area contributed by atoms with Crippen molar-refractivity contribution in [3.8, 4) is 22.9 Å². The Labute approximate surface area is 322 Å². The zero-order valence-corrected chi connectivity index (χ0v) is 33.5. The summed E-state index contributed by atoms with van der Waals surface area (Å²) in [5.41, 5.74) is 5.47. The van der Waals surface area contributed by atoms with Crippen molar-refractivity contribution < 1.29 is 45.0 Å². The number of nitrogens with one attached hydrogen (secondary N) is 1. The van der Waals surface area contributed by atoms with Gasteiger partial charge in [-0.3, -0.25) is 9.10 Å². The first-order valence-electron chi connectivity index (χ1n) is 17.4. The molecule has 0 saturated heterocycles. The number of hydrogen-bond acceptors (Lipinski definition) is 10. The summed E-state index contributed by atoms with van der Waals surface area (Å²) in [6.45, 7) is 8.19. The molecular formula is C37H43F4N7O6SSi. The van der Waals surface area contributed by atoms with E-state index in [-0.39, 0.29) is 69.9 Å². The van der Waals surface area contributed by atoms with E-state index < -0.39 is 48.2 Å². The summed E-state index contributed by atoms with van der Waals surface area (Å²) in [6, 6.07) is 15.2. The predicted molar refractivity (Wildman–Crippen MR) is 207 cm³/mol. The van der Waals surface area contributed by atoms with Crippen molar-refractivity contribution in [3.63, 3.8) is 0 Å². The van der Waals surface area contributed by atoms with Gasteiger partial charge in [0.25, 0.3) is 15.9 Å². The van der Waals surface area contributed by atoms with Gasteiger partial charge in [0.1, 0.15) is 18.3 Å². The summed E-state index contributed by atoms with van der Waals surface area (Å²) < 4.78 is 103. The number of benzene rings is 3. The number of aromatic nitrogens is 4. The molecule has 5 rings (SSSR count). The highest BCUT2D eigenvalue weighted by atomic mass is 32.2. The van der Waals surface area contributed by atoms with Crippen LogP contribution in [-0.2, 0) is 34.5 Å². The molecule has 3 aromatic carbocycles. The summed E-state index contributed by atoms with van der Waals surface area (Å²) in [5.74, 6) is -2.40. The average molecular weight is 818 g/mol. The maximum absolute atomic E-state index is 15.2. The first-order chi connectivity index (χ1) is 26.4. The molecule has 56 heavy (non-hydrogen) atoms. The molecule has 0 spiro atoms. The van der Waals surface area contributed by atoms with Gasteiger partial charge in [0, 0.05) is 33.3 Å². The van der Waals surface area contributed by atoms with E-state index in [1.165, 1.54) is 28.2 Å². The molecule has 3 N–H and O–H groups in total. The third kappa shape index (κ3) is 9.56. The Bertz CT molecular complexity index is 2320. The van der Waals surface area contributed by atoms with Crippen LogP contribution >= 0.6 is 0 Å². The van der Waals surface area contributed by atoms with E-state index in [1.54, 1.807) is 43.3 Å². The Morgan fingerprint density at radius 1 is 1.00 bits per heavy atom. The number of amides is 1. The van der Waals surface area contributed by atoms with Crippen LogP contribution in [0.15, 0.2) is 65.6 Å². The van der Waals surface area contributed by atoms with E-state index in [2.05, 4.69) is 40.0 Å². The molecule has 2 aromatic heterocycles. The van der Waals surface area contributed by atoms with Crippen molar-refractivity contribution in [2.24, 2.45) is 5.73 Å². The first kappa shape index (κ1) is 41.9. The predicted octanol–water partition coefficient (Wildman–Crippen LogP) is 6.99. The number of nitrogens with zero attached hydrogens (tertiary/aromatic N) is 5. The highest BCUT2D eigenvalue weighted by molar-refractivity contribution is 7.92. The lowest BCUT2D eigenvalue weighted by atomic mass is 10.0. The molecule has 300 valence electrons. The van der Waals surface area contributed by atoms with Crippen LogP contribution in [0.1, 0.15) is 28.5 Å². The Hall–Kier alpha value is -5.27. The number of anilines is 2. The molecule has 0 atom stereocenters. The van der Waals surface area contributed by atoms with Crippen LogP contribution in [-0.4, -0.2) is 75.7 Å². The maximum Gasteiger partial charge on any atom is 0.393 e. The van der Waals surface area contributed by atoms with Gasteiger partial charge in [-0.15, -0.1) is 0 Å². The van der Waals surface area contributed by atoms with Gasteiger partial charge in [0.05, 0.1) is 36.6 Å². The number of nitrogens with two attached hydrogens (primary N) is 1. The van der Waals surface area contributed by atoms with Crippen molar-refractivity contribution in [2.75, 3.05) is 37.0 Å². The number of halogens is 4. The number of alkyl halides is 3. The SMILES string of the molecule is CCN(c1ccc(OC)cc1CNc1nc(-c2cc(F)c(OC)cc2CC(F)(F)F)nc2c1c(C(N)=O)nn2COCC[Si](C)(C)C)S(=O)(=O)c1ccccc1. The van der Waals surface area contributed by atoms with Crippen LogP contribution in [0.5, 0.6) is 11.5 Å². The van der Waals surface area contributed by atoms with Crippen molar-refractivity contribution in [3.05, 3.63) is 83.3 Å². The van der Waals surface area contributed by atoms with Crippen LogP contribution in [0.2, 0.25) is 25.7 Å². The quantitative estimate of drug-likeness (QED) is 0.0568. The fourth-order valence-corrected chi connectivity index (χ4v) is 8.17. The van der Waals surface area contributed by atoms with Crippen molar-refractivity contribution in [1.82, 2.24) is 19.7 Å². The summed E-state index contributed by atoms with van der Waals surface area (Å²) in [7, 11) is -3.00. The Balaban J connectivity index is 1.70. The smallest absolute Gasteiger partial charge is 0.393 e. The molecule has 5 aromatic rings. The second-order valence-corrected chi connectivity index (χ2v) is 21.4. The molecule has 2 heterocycles. The number of primary amides is 1. The molecule has 0 fully saturated rings. The zero-order valence-electron chi connectivity index (χ0n) is 31.7. The number of hydrogen-bond donors (Lipinski definition) is 2. The van der Waals surface area contributed by atoms with Crippen LogP contribution < -0.4 is 24.8 Å². The largest absolute Gasteiger partial charge is 0.497 e. The van der Waals surface area contributed by atoms with E-state index in [9.17, 15) is 26.4 Å². The van der Waals surface area contributed by atoms with Gasteiger partial charge in [-0.05, 0) is 66.6 Å². The van der Waals surface area contributed by atoms with Gasteiger partial charge in [-0.25, -0.2) is 27.5 Å². The fraction of sp³-hybridized carbons (Fsp3) is 0.351. The van der Waals surface area contributed by atoms with Gasteiger partial charge in [0.2, 0.25) is 0 Å². The third-order valence-electron chi connectivity index (χ3n) is 8.66. The lowest BCUT2D eigenvalue weighted by molar-refractivity contribution is -0.127. The minimum absolute atomic E-state index is 0.00935. The average Bonchev–Trinajstić information content (AvgIpc) is 3.51. The number of methoxy groups -OCH3 is 2. The highest BCUT2D eigenvalue weighted by Gasteiger charge is 2.32. The van der Waals surface area contributed by atoms with Crippen molar-refractivity contribution in [1.29, 1.82) is 0 Å². The molecule has 0 radical (unpaired) electrons. The first-order valence-corrected chi connectivity index (χ1v) is 22.6. The number of fused-ring (bicyclic) bond motifs is 1. The van der Waals surface area contributed by atoms with E-state index >= 15 is 4.39 Å². The van der Waals surface area contributed by atoms with Crippen LogP contribution in [0, 0.1) is 5.82 Å². The van der Waals surface area contributed by atoms with E-state index in [0.29, 0.717) is 17.9 Å². The number of carbonyl (C=O) groups excluding carboxylic acids is 1. The lowest BCUT2D eigenvalue weighted by Gasteiger charge is -2.26. The van der Waals surface area contributed by atoms with Crippen LogP contribution in [0.4, 0.5) is 29.1 Å². The van der Waals surface area contributed by atoms with E-state index in [4.69, 9.17) is 19.9 Å². The summed E-state index contributed by atoms with van der Waals surface area (Å²) in [5, 5.41) is 7.48. The Morgan fingerprint density at radius 2 is 1.71 bits per heavy atom. The molecule has 0 aliphatic rings. The normalized spacial score (nSPS) is 12.2. The number of carbonyl (C=O) groups is 1. The van der Waals surface area contributed by atoms with Gasteiger partial charge in [0.15, 0.2) is 28.7 Å². The minimum atomic E-state index is -4.71. The second-order valence-electron chi connectivity index (χ2n) is 13.9. The summed E-state index contributed by atoms with van der Waals surface area (Å²) in [6.07, 6.45) is -6.17. The second kappa shape index (κ2) is 16.8. The van der Waals surface area contributed by atoms with Crippen LogP contribution in [0.3, 0.4) is 0 Å². The van der Waals surface area contributed by atoms with Gasteiger partial charge < -0.3 is 25.3 Å². The Morgan fingerprint density at radius 3 is 2.32 bits per heavy atom. The minimum Gasteiger partial charge on any atom is -0.497 e. The zero-order chi connectivity index (χ0) is 41.0. The topological polar surface area (TPSA) is 164 Å². The van der Waals surface area contributed by atoms with Crippen LogP contribution in [0.25, 0.3) is 22.4 Å². The summed E-state index contributed by atoms with van der Waals surface area (Å²) >= 11 is 0. The fourth-order valence-electron chi connectivity index (χ4n) is 5.88. The third-order valence-corrected chi connectivity index (χ3v) is 12.3. The standard InChI is InChI=1S/C37H43F4N7O6SSi/c1-7-48(55(50,51)26-11-9-8-10-12-26)29-14-13-25(52-2)17-24(29)21-43-35-31-32(33(42)49)46-47(22-54-15-16-56(4,5)6)36(31)45-34(44-35)27-19-28(38)30(53-3)18-23(27)20-37(39,40)41/h8-14,17-19H,7,15-16,20-22H2,1-6H3,(H2,42,49)(H,43,44,45). The number of rotatable bonds is 17. The van der Waals surface area contributed by atoms with Gasteiger partial charge >= 0.3 is 6.18 Å². The molecule has 1 amide bonds. The molecule has 0 saturated carbocycles. The molecule has 0 aliphatic carbocycles. The monoisotopic (exact) mass is 817 g/mol. The Kier molecular flexibility index (Phi) is 12.6. The number of sulfonamides is 1. The highest BCUT2D eigenvalue weighted by Crippen LogP contribution is 2.36. The molecular weight excluding hydrogens is 775 g/mol.